The van der Waals surface area contributed by atoms with Crippen LogP contribution in [0.25, 0.3) is 0 Å². The molecule has 8 nitrogen and oxygen atoms in total. The SMILES string of the molecule is Cc1cccc(Cl)c1N1NC(N2CCC(O)C2)=CC=C1Nc1ncc(C(N)=O)s1. The number of carbonyl (C=O) groups is 1. The van der Waals surface area contributed by atoms with Gasteiger partial charge in [-0.1, -0.05) is 35.1 Å². The molecular formula is C19H21ClN6O2S. The highest BCUT2D eigenvalue weighted by Crippen LogP contribution is 2.33. The molecule has 1 aromatic carbocycles. The molecule has 0 spiro atoms. The van der Waals surface area contributed by atoms with Crippen LogP contribution in [0.5, 0.6) is 0 Å². The number of hydrazine groups is 1. The number of thiazole rings is 1. The minimum absolute atomic E-state index is 0.334. The van der Waals surface area contributed by atoms with Gasteiger partial charge >= 0.3 is 0 Å². The predicted molar refractivity (Wildman–Crippen MR) is 114 cm³/mol. The Morgan fingerprint density at radius 1 is 1.45 bits per heavy atom. The van der Waals surface area contributed by atoms with Crippen molar-refractivity contribution < 1.29 is 9.90 Å². The number of hydrogen-bond acceptors (Lipinski definition) is 8. The maximum atomic E-state index is 11.4. The number of allylic oxidation sites excluding steroid dienone is 2. The summed E-state index contributed by atoms with van der Waals surface area (Å²) in [6, 6.07) is 5.71. The zero-order chi connectivity index (χ0) is 20.5. The molecule has 1 saturated heterocycles. The lowest BCUT2D eigenvalue weighted by Crippen LogP contribution is -2.46. The summed E-state index contributed by atoms with van der Waals surface area (Å²) < 4.78 is 0. The van der Waals surface area contributed by atoms with E-state index in [2.05, 4.69) is 20.6 Å². The van der Waals surface area contributed by atoms with Crippen LogP contribution in [0.3, 0.4) is 0 Å². The summed E-state index contributed by atoms with van der Waals surface area (Å²) in [5.74, 6) is 1.04. The summed E-state index contributed by atoms with van der Waals surface area (Å²) in [6.07, 6.45) is 5.69. The molecular weight excluding hydrogens is 412 g/mol. The lowest BCUT2D eigenvalue weighted by molar-refractivity contribution is 0.100. The summed E-state index contributed by atoms with van der Waals surface area (Å²) >= 11 is 7.70. The van der Waals surface area contributed by atoms with Gasteiger partial charge in [-0.2, -0.15) is 0 Å². The number of nitrogens with zero attached hydrogens (tertiary/aromatic N) is 3. The largest absolute Gasteiger partial charge is 0.391 e. The first-order chi connectivity index (χ1) is 13.9. The summed E-state index contributed by atoms with van der Waals surface area (Å²) in [6.45, 7) is 3.31. The molecule has 0 saturated carbocycles. The number of para-hydroxylation sites is 1. The molecule has 2 aromatic rings. The van der Waals surface area contributed by atoms with Gasteiger partial charge in [-0.3, -0.25) is 10.2 Å². The van der Waals surface area contributed by atoms with E-state index in [9.17, 15) is 9.90 Å². The number of benzene rings is 1. The van der Waals surface area contributed by atoms with Gasteiger partial charge in [0.05, 0.1) is 23.0 Å². The number of nitrogens with one attached hydrogen (secondary N) is 2. The topological polar surface area (TPSA) is 107 Å². The Hall–Kier alpha value is -2.75. The number of likely N-dealkylation sites (tertiary alicyclic amines) is 1. The maximum absolute atomic E-state index is 11.4. The van der Waals surface area contributed by atoms with E-state index in [1.165, 1.54) is 17.5 Å². The van der Waals surface area contributed by atoms with E-state index in [4.69, 9.17) is 17.3 Å². The minimum atomic E-state index is -0.514. The first-order valence-electron chi connectivity index (χ1n) is 9.12. The quantitative estimate of drug-likeness (QED) is 0.574. The predicted octanol–water partition coefficient (Wildman–Crippen LogP) is 2.39. The second-order valence-corrected chi connectivity index (χ2v) is 8.30. The van der Waals surface area contributed by atoms with Gasteiger partial charge in [-0.25, -0.2) is 9.99 Å². The van der Waals surface area contributed by atoms with E-state index >= 15 is 0 Å². The van der Waals surface area contributed by atoms with Crippen molar-refractivity contribution in [2.45, 2.75) is 19.4 Å². The van der Waals surface area contributed by atoms with Crippen molar-refractivity contribution in [3.05, 3.63) is 63.7 Å². The molecule has 0 bridgehead atoms. The van der Waals surface area contributed by atoms with Gasteiger partial charge in [-0.15, -0.1) is 0 Å². The fourth-order valence-electron chi connectivity index (χ4n) is 3.32. The van der Waals surface area contributed by atoms with E-state index in [1.54, 1.807) is 0 Å². The number of hydrogen-bond donors (Lipinski definition) is 4. The van der Waals surface area contributed by atoms with E-state index in [1.807, 2.05) is 42.3 Å². The van der Waals surface area contributed by atoms with E-state index < -0.39 is 5.91 Å². The molecule has 5 N–H and O–H groups in total. The third-order valence-electron chi connectivity index (χ3n) is 4.77. The van der Waals surface area contributed by atoms with E-state index in [0.717, 1.165) is 30.0 Å². The highest BCUT2D eigenvalue weighted by molar-refractivity contribution is 7.17. The highest BCUT2D eigenvalue weighted by atomic mass is 35.5. The molecule has 1 fully saturated rings. The third-order valence-corrected chi connectivity index (χ3v) is 6.00. The van der Waals surface area contributed by atoms with Crippen LogP contribution in [0.1, 0.15) is 21.7 Å². The number of carbonyl (C=O) groups excluding carboxylic acids is 1. The lowest BCUT2D eigenvalue weighted by Gasteiger charge is -2.36. The van der Waals surface area contributed by atoms with Crippen molar-refractivity contribution in [3.63, 3.8) is 0 Å². The number of nitrogens with two attached hydrogens (primary N) is 1. The van der Waals surface area contributed by atoms with Crippen LogP contribution in [-0.4, -0.2) is 40.1 Å². The van der Waals surface area contributed by atoms with Crippen molar-refractivity contribution in [2.75, 3.05) is 23.4 Å². The number of aliphatic hydroxyl groups excluding tert-OH is 1. The number of aryl methyl sites for hydroxylation is 1. The maximum Gasteiger partial charge on any atom is 0.260 e. The highest BCUT2D eigenvalue weighted by Gasteiger charge is 2.27. The van der Waals surface area contributed by atoms with Crippen molar-refractivity contribution >= 4 is 39.7 Å². The number of halogens is 1. The molecule has 152 valence electrons. The molecule has 1 atom stereocenters. The molecule has 1 aromatic heterocycles. The molecule has 29 heavy (non-hydrogen) atoms. The van der Waals surface area contributed by atoms with Gasteiger partial charge in [0.25, 0.3) is 5.91 Å². The molecule has 2 aliphatic heterocycles. The van der Waals surface area contributed by atoms with Crippen LogP contribution in [0, 0.1) is 6.92 Å². The molecule has 0 aliphatic carbocycles. The second kappa shape index (κ2) is 7.94. The molecule has 1 amide bonds. The van der Waals surface area contributed by atoms with Crippen molar-refractivity contribution in [3.8, 4) is 0 Å². The zero-order valence-corrected chi connectivity index (χ0v) is 17.3. The molecule has 10 heteroatoms. The van der Waals surface area contributed by atoms with Crippen molar-refractivity contribution in [1.82, 2.24) is 15.3 Å². The standard InChI is InChI=1S/C19H21ClN6O2S/c1-11-3-2-4-13(20)17(11)26-15(23-19-22-9-14(29-19)18(21)28)5-6-16(24-26)25-8-7-12(27)10-25/h2-6,9,12,24,27H,7-8,10H2,1H3,(H2,21,28)(H,22,23). The van der Waals surface area contributed by atoms with Crippen LogP contribution in [0.15, 0.2) is 48.2 Å². The van der Waals surface area contributed by atoms with Crippen molar-refractivity contribution in [2.24, 2.45) is 5.73 Å². The fraction of sp³-hybridized carbons (Fsp3) is 0.263. The van der Waals surface area contributed by atoms with Crippen LogP contribution >= 0.6 is 22.9 Å². The second-order valence-electron chi connectivity index (χ2n) is 6.86. The number of β-amino-alcohol motifs (C(OH)–C–C–N with tert-alkyl or cyclic N) is 1. The number of rotatable bonds is 5. The fourth-order valence-corrected chi connectivity index (χ4v) is 4.30. The summed E-state index contributed by atoms with van der Waals surface area (Å²) in [5.41, 5.74) is 10.5. The monoisotopic (exact) mass is 432 g/mol. The Kier molecular flexibility index (Phi) is 5.35. The molecule has 4 rings (SSSR count). The number of primary amides is 1. The molecule has 1 unspecified atom stereocenters. The Balaban J connectivity index is 1.68. The lowest BCUT2D eigenvalue weighted by atomic mass is 10.2. The van der Waals surface area contributed by atoms with Crippen LogP contribution in [0.2, 0.25) is 5.02 Å². The van der Waals surface area contributed by atoms with E-state index in [0.29, 0.717) is 27.4 Å². The number of amides is 1. The van der Waals surface area contributed by atoms with E-state index in [-0.39, 0.29) is 6.10 Å². The van der Waals surface area contributed by atoms with Gasteiger partial charge in [0.2, 0.25) is 0 Å². The molecule has 3 heterocycles. The Morgan fingerprint density at radius 2 is 2.28 bits per heavy atom. The van der Waals surface area contributed by atoms with Gasteiger partial charge in [0.15, 0.2) is 5.13 Å². The number of aliphatic hydroxyl groups is 1. The van der Waals surface area contributed by atoms with Crippen LogP contribution in [0.4, 0.5) is 10.8 Å². The Morgan fingerprint density at radius 3 is 2.93 bits per heavy atom. The smallest absolute Gasteiger partial charge is 0.260 e. The summed E-state index contributed by atoms with van der Waals surface area (Å²) in [5, 5.41) is 16.1. The van der Waals surface area contributed by atoms with Crippen LogP contribution < -0.4 is 21.5 Å². The third kappa shape index (κ3) is 4.02. The average Bonchev–Trinajstić information content (AvgIpc) is 3.32. The summed E-state index contributed by atoms with van der Waals surface area (Å²) in [7, 11) is 0. The van der Waals surface area contributed by atoms with Gasteiger partial charge < -0.3 is 21.1 Å². The summed E-state index contributed by atoms with van der Waals surface area (Å²) in [4.78, 5) is 18.1. The number of anilines is 2. The van der Waals surface area contributed by atoms with Crippen LogP contribution in [-0.2, 0) is 0 Å². The van der Waals surface area contributed by atoms with Gasteiger partial charge in [-0.05, 0) is 37.1 Å². The number of aromatic nitrogens is 1. The average molecular weight is 433 g/mol. The first-order valence-corrected chi connectivity index (χ1v) is 10.3. The first kappa shape index (κ1) is 19.6. The Bertz CT molecular complexity index is 984. The minimum Gasteiger partial charge on any atom is -0.391 e. The normalized spacial score (nSPS) is 18.9. The molecule has 2 aliphatic rings. The van der Waals surface area contributed by atoms with Crippen molar-refractivity contribution in [1.29, 1.82) is 0 Å². The molecule has 0 radical (unpaired) electrons. The zero-order valence-electron chi connectivity index (χ0n) is 15.7. The van der Waals surface area contributed by atoms with Gasteiger partial charge in [0.1, 0.15) is 16.5 Å². The Labute approximate surface area is 177 Å². The van der Waals surface area contributed by atoms with Gasteiger partial charge in [0, 0.05) is 13.1 Å².